The van der Waals surface area contributed by atoms with Crippen molar-refractivity contribution >= 4 is 11.5 Å². The van der Waals surface area contributed by atoms with Crippen molar-refractivity contribution in [2.45, 2.75) is 25.9 Å². The molecule has 0 atom stereocenters. The fourth-order valence-electron chi connectivity index (χ4n) is 2.47. The van der Waals surface area contributed by atoms with E-state index in [0.29, 0.717) is 18.5 Å². The van der Waals surface area contributed by atoms with Crippen molar-refractivity contribution in [3.63, 3.8) is 0 Å². The van der Waals surface area contributed by atoms with E-state index in [1.807, 2.05) is 12.1 Å². The third-order valence-electron chi connectivity index (χ3n) is 3.46. The molecule has 21 heavy (non-hydrogen) atoms. The van der Waals surface area contributed by atoms with Crippen LogP contribution in [0.3, 0.4) is 0 Å². The first-order valence-electron chi connectivity index (χ1n) is 6.90. The standard InChI is InChI=1S/C15H18F3NO2/c1-11(20)12-3-4-14-13(9-12)5-7-19(14)6-2-8-21-10-15(16,17)18/h3-4,9H,2,5-8,10H2,1H3. The van der Waals surface area contributed by atoms with Crippen LogP contribution in [0.2, 0.25) is 0 Å². The number of ether oxygens (including phenoxy) is 1. The second-order valence-corrected chi connectivity index (χ2v) is 5.16. The summed E-state index contributed by atoms with van der Waals surface area (Å²) in [5.41, 5.74) is 2.89. The highest BCUT2D eigenvalue weighted by Gasteiger charge is 2.27. The summed E-state index contributed by atoms with van der Waals surface area (Å²) >= 11 is 0. The van der Waals surface area contributed by atoms with Gasteiger partial charge in [-0.25, -0.2) is 0 Å². The first-order valence-corrected chi connectivity index (χ1v) is 6.90. The Kier molecular flexibility index (Phi) is 4.88. The lowest BCUT2D eigenvalue weighted by Crippen LogP contribution is -2.24. The van der Waals surface area contributed by atoms with Gasteiger partial charge in [-0.1, -0.05) is 0 Å². The molecule has 116 valence electrons. The van der Waals surface area contributed by atoms with Crippen LogP contribution in [0.5, 0.6) is 0 Å². The number of benzene rings is 1. The fraction of sp³-hybridized carbons (Fsp3) is 0.533. The molecule has 0 radical (unpaired) electrons. The van der Waals surface area contributed by atoms with Gasteiger partial charge in [0.2, 0.25) is 0 Å². The predicted molar refractivity (Wildman–Crippen MR) is 73.9 cm³/mol. The Labute approximate surface area is 121 Å². The highest BCUT2D eigenvalue weighted by atomic mass is 19.4. The molecule has 2 rings (SSSR count). The van der Waals surface area contributed by atoms with Crippen LogP contribution >= 0.6 is 0 Å². The van der Waals surface area contributed by atoms with E-state index in [0.717, 1.165) is 24.2 Å². The number of alkyl halides is 3. The maximum absolute atomic E-state index is 11.9. The number of rotatable bonds is 6. The first-order chi connectivity index (χ1) is 9.87. The summed E-state index contributed by atoms with van der Waals surface area (Å²) in [6.07, 6.45) is -2.85. The number of Topliss-reactive ketones (excluding diaryl/α,β-unsaturated/α-hetero) is 1. The zero-order chi connectivity index (χ0) is 15.5. The van der Waals surface area contributed by atoms with Crippen molar-refractivity contribution in [1.29, 1.82) is 0 Å². The van der Waals surface area contributed by atoms with Gasteiger partial charge < -0.3 is 9.64 Å². The molecule has 0 saturated carbocycles. The quantitative estimate of drug-likeness (QED) is 0.597. The van der Waals surface area contributed by atoms with Gasteiger partial charge in [-0.05, 0) is 43.5 Å². The number of carbonyl (C=O) groups excluding carboxylic acids is 1. The molecule has 1 aliphatic rings. The minimum atomic E-state index is -4.26. The summed E-state index contributed by atoms with van der Waals surface area (Å²) in [5.74, 6) is 0.0387. The molecule has 1 heterocycles. The van der Waals surface area contributed by atoms with Crippen molar-refractivity contribution in [3.8, 4) is 0 Å². The van der Waals surface area contributed by atoms with Crippen LogP contribution in [0, 0.1) is 0 Å². The van der Waals surface area contributed by atoms with Crippen LogP contribution in [0.25, 0.3) is 0 Å². The average molecular weight is 301 g/mol. The maximum atomic E-state index is 11.9. The lowest BCUT2D eigenvalue weighted by Gasteiger charge is -2.19. The summed E-state index contributed by atoms with van der Waals surface area (Å²) in [5, 5.41) is 0. The molecule has 0 amide bonds. The summed E-state index contributed by atoms with van der Waals surface area (Å²) in [6.45, 7) is 1.93. The molecule has 0 N–H and O–H groups in total. The van der Waals surface area contributed by atoms with Crippen LogP contribution in [0.15, 0.2) is 18.2 Å². The first kappa shape index (κ1) is 15.8. The molecule has 6 heteroatoms. The van der Waals surface area contributed by atoms with Gasteiger partial charge in [0.05, 0.1) is 0 Å². The van der Waals surface area contributed by atoms with Gasteiger partial charge in [0.25, 0.3) is 0 Å². The minimum Gasteiger partial charge on any atom is -0.372 e. The second kappa shape index (κ2) is 6.47. The van der Waals surface area contributed by atoms with Crippen LogP contribution in [0.1, 0.15) is 29.3 Å². The molecule has 1 aromatic rings. The summed E-state index contributed by atoms with van der Waals surface area (Å²) in [7, 11) is 0. The smallest absolute Gasteiger partial charge is 0.372 e. The van der Waals surface area contributed by atoms with Crippen molar-refractivity contribution in [3.05, 3.63) is 29.3 Å². The minimum absolute atomic E-state index is 0.0387. The second-order valence-electron chi connectivity index (χ2n) is 5.16. The number of fused-ring (bicyclic) bond motifs is 1. The SMILES string of the molecule is CC(=O)c1ccc2c(c1)CCN2CCCOCC(F)(F)F. The Hall–Kier alpha value is -1.56. The third kappa shape index (κ3) is 4.46. The number of nitrogens with zero attached hydrogens (tertiary/aromatic N) is 1. The number of anilines is 1. The van der Waals surface area contributed by atoms with Gasteiger partial charge in [-0.2, -0.15) is 13.2 Å². The van der Waals surface area contributed by atoms with Gasteiger partial charge in [0, 0.05) is 30.9 Å². The van der Waals surface area contributed by atoms with Crippen molar-refractivity contribution < 1.29 is 22.7 Å². The lowest BCUT2D eigenvalue weighted by molar-refractivity contribution is -0.173. The molecule has 0 fully saturated rings. The topological polar surface area (TPSA) is 29.5 Å². The Bertz CT molecular complexity index is 514. The number of carbonyl (C=O) groups is 1. The molecular formula is C15H18F3NO2. The van der Waals surface area contributed by atoms with E-state index in [-0.39, 0.29) is 12.4 Å². The number of halogens is 3. The molecule has 1 aromatic carbocycles. The molecular weight excluding hydrogens is 283 g/mol. The lowest BCUT2D eigenvalue weighted by atomic mass is 10.1. The van der Waals surface area contributed by atoms with E-state index in [9.17, 15) is 18.0 Å². The van der Waals surface area contributed by atoms with E-state index in [1.54, 1.807) is 6.07 Å². The number of hydrogen-bond acceptors (Lipinski definition) is 3. The van der Waals surface area contributed by atoms with Crippen LogP contribution in [0.4, 0.5) is 18.9 Å². The number of hydrogen-bond donors (Lipinski definition) is 0. The average Bonchev–Trinajstić information content (AvgIpc) is 2.79. The molecule has 0 aromatic heterocycles. The van der Waals surface area contributed by atoms with Gasteiger partial charge in [0.15, 0.2) is 5.78 Å². The van der Waals surface area contributed by atoms with Crippen molar-refractivity contribution in [1.82, 2.24) is 0 Å². The Balaban J connectivity index is 1.82. The van der Waals surface area contributed by atoms with Gasteiger partial charge in [-0.3, -0.25) is 4.79 Å². The van der Waals surface area contributed by atoms with Crippen LogP contribution in [-0.4, -0.2) is 38.3 Å². The zero-order valence-corrected chi connectivity index (χ0v) is 11.9. The Morgan fingerprint density at radius 1 is 1.38 bits per heavy atom. The monoisotopic (exact) mass is 301 g/mol. The fourth-order valence-corrected chi connectivity index (χ4v) is 2.47. The Morgan fingerprint density at radius 3 is 2.81 bits per heavy atom. The summed E-state index contributed by atoms with van der Waals surface area (Å²) in [6, 6.07) is 5.60. The highest BCUT2D eigenvalue weighted by Crippen LogP contribution is 2.29. The largest absolute Gasteiger partial charge is 0.411 e. The molecule has 0 spiro atoms. The normalized spacial score (nSPS) is 14.4. The van der Waals surface area contributed by atoms with Crippen LogP contribution < -0.4 is 4.90 Å². The maximum Gasteiger partial charge on any atom is 0.411 e. The number of ketones is 1. The van der Waals surface area contributed by atoms with Crippen LogP contribution in [-0.2, 0) is 11.2 Å². The molecule has 0 saturated heterocycles. The van der Waals surface area contributed by atoms with Crippen molar-refractivity contribution in [2.24, 2.45) is 0 Å². The Morgan fingerprint density at radius 2 is 2.14 bits per heavy atom. The van der Waals surface area contributed by atoms with E-state index in [4.69, 9.17) is 0 Å². The summed E-state index contributed by atoms with van der Waals surface area (Å²) in [4.78, 5) is 13.5. The highest BCUT2D eigenvalue weighted by molar-refractivity contribution is 5.94. The van der Waals surface area contributed by atoms with Gasteiger partial charge >= 0.3 is 6.18 Å². The predicted octanol–water partition coefficient (Wildman–Crippen LogP) is 3.22. The van der Waals surface area contributed by atoms with E-state index in [2.05, 4.69) is 9.64 Å². The van der Waals surface area contributed by atoms with E-state index >= 15 is 0 Å². The van der Waals surface area contributed by atoms with Crippen molar-refractivity contribution in [2.75, 3.05) is 31.2 Å². The molecule has 0 bridgehead atoms. The zero-order valence-electron chi connectivity index (χ0n) is 11.9. The summed E-state index contributed by atoms with van der Waals surface area (Å²) < 4.78 is 40.4. The molecule has 0 unspecified atom stereocenters. The molecule has 1 aliphatic heterocycles. The third-order valence-corrected chi connectivity index (χ3v) is 3.46. The van der Waals surface area contributed by atoms with Gasteiger partial charge in [0.1, 0.15) is 6.61 Å². The van der Waals surface area contributed by atoms with E-state index in [1.165, 1.54) is 6.92 Å². The molecule has 0 aliphatic carbocycles. The molecule has 3 nitrogen and oxygen atoms in total. The van der Waals surface area contributed by atoms with E-state index < -0.39 is 12.8 Å². The van der Waals surface area contributed by atoms with Gasteiger partial charge in [-0.15, -0.1) is 0 Å².